The zero-order chi connectivity index (χ0) is 28.4. The van der Waals surface area contributed by atoms with E-state index in [0.717, 1.165) is 45.9 Å². The molecule has 0 bridgehead atoms. The van der Waals surface area contributed by atoms with Gasteiger partial charge in [0.1, 0.15) is 0 Å². The third-order valence-corrected chi connectivity index (χ3v) is 6.47. The van der Waals surface area contributed by atoms with Gasteiger partial charge in [0.15, 0.2) is 0 Å². The molecule has 15 heteroatoms. The number of carboxylic acids is 2. The number of hydrogen-bond acceptors (Lipinski definition) is 7. The summed E-state index contributed by atoms with van der Waals surface area (Å²) in [5.41, 5.74) is 1.58. The predicted molar refractivity (Wildman–Crippen MR) is 124 cm³/mol. The molecule has 2 aromatic heterocycles. The van der Waals surface area contributed by atoms with Crippen molar-refractivity contribution in [2.45, 2.75) is 31.9 Å². The number of carbonyl (C=O) groups is 2. The summed E-state index contributed by atoms with van der Waals surface area (Å²) in [6.45, 7) is 8.27. The quantitative estimate of drug-likeness (QED) is 0.529. The Labute approximate surface area is 218 Å². The summed E-state index contributed by atoms with van der Waals surface area (Å²) in [4.78, 5) is 28.7. The molecular weight excluding hydrogens is 544 g/mol. The molecule has 1 spiro atoms. The maximum atomic E-state index is 10.6. The first-order valence-corrected chi connectivity index (χ1v) is 12.1. The Hall–Kier alpha value is -2.75. The Morgan fingerprint density at radius 3 is 2.08 bits per heavy atom. The molecule has 38 heavy (non-hydrogen) atoms. The van der Waals surface area contributed by atoms with Crippen molar-refractivity contribution in [1.29, 1.82) is 0 Å². The number of hydrogen-bond donors (Lipinski definition) is 2. The summed E-state index contributed by atoms with van der Waals surface area (Å²) in [6.07, 6.45) is -5.10. The topological polar surface area (TPSA) is 103 Å². The van der Waals surface area contributed by atoms with Crippen LogP contribution >= 0.6 is 11.3 Å². The Morgan fingerprint density at radius 2 is 1.58 bits per heavy atom. The van der Waals surface area contributed by atoms with E-state index in [1.165, 1.54) is 23.4 Å². The lowest BCUT2D eigenvalue weighted by atomic mass is 9.87. The highest BCUT2D eigenvalue weighted by Gasteiger charge is 2.41. The SMILES string of the molecule is O=C(O)C(F)(F)F.O=C(O)C(F)(F)F.c1cncc(CN2CCOCC3(CCN(Cc4cccs4)C3)C2)c1. The summed E-state index contributed by atoms with van der Waals surface area (Å²) < 4.78 is 69.5. The molecule has 2 fully saturated rings. The minimum atomic E-state index is -5.08. The van der Waals surface area contributed by atoms with Gasteiger partial charge >= 0.3 is 24.3 Å². The number of thiophene rings is 1. The fourth-order valence-corrected chi connectivity index (χ4v) is 4.74. The average molecular weight is 572 g/mol. The Kier molecular flexibility index (Phi) is 11.5. The molecule has 1 atom stereocenters. The molecule has 0 amide bonds. The number of ether oxygens (including phenoxy) is 1. The molecule has 4 heterocycles. The van der Waals surface area contributed by atoms with Gasteiger partial charge in [0, 0.05) is 55.4 Å². The molecule has 0 aliphatic carbocycles. The van der Waals surface area contributed by atoms with Crippen LogP contribution in [0.2, 0.25) is 0 Å². The molecule has 2 aliphatic heterocycles. The highest BCUT2D eigenvalue weighted by atomic mass is 32.1. The van der Waals surface area contributed by atoms with Crippen molar-refractivity contribution < 1.29 is 50.9 Å². The Balaban J connectivity index is 0.000000301. The maximum absolute atomic E-state index is 10.6. The Bertz CT molecular complexity index is 983. The highest BCUT2D eigenvalue weighted by molar-refractivity contribution is 7.09. The number of pyridine rings is 1. The number of alkyl halides is 6. The summed E-state index contributed by atoms with van der Waals surface area (Å²) in [6, 6.07) is 8.59. The van der Waals surface area contributed by atoms with E-state index in [2.05, 4.69) is 38.4 Å². The van der Waals surface area contributed by atoms with Crippen molar-refractivity contribution in [1.82, 2.24) is 14.8 Å². The maximum Gasteiger partial charge on any atom is 0.490 e. The molecule has 1 unspecified atom stereocenters. The van der Waals surface area contributed by atoms with E-state index in [1.807, 2.05) is 29.8 Å². The van der Waals surface area contributed by atoms with E-state index >= 15 is 0 Å². The number of rotatable bonds is 4. The lowest BCUT2D eigenvalue weighted by molar-refractivity contribution is -0.193. The second-order valence-corrected chi connectivity index (χ2v) is 9.80. The molecule has 0 saturated carbocycles. The minimum absolute atomic E-state index is 0.288. The van der Waals surface area contributed by atoms with Crippen LogP contribution in [0.5, 0.6) is 0 Å². The lowest BCUT2D eigenvalue weighted by Crippen LogP contribution is -2.40. The third kappa shape index (κ3) is 10.9. The third-order valence-electron chi connectivity index (χ3n) is 5.61. The molecule has 4 rings (SSSR count). The van der Waals surface area contributed by atoms with Gasteiger partial charge in [0.05, 0.1) is 13.2 Å². The van der Waals surface area contributed by atoms with Gasteiger partial charge in [-0.25, -0.2) is 9.59 Å². The van der Waals surface area contributed by atoms with E-state index in [9.17, 15) is 26.3 Å². The fourth-order valence-electron chi connectivity index (χ4n) is 4.00. The van der Waals surface area contributed by atoms with Crippen molar-refractivity contribution in [2.24, 2.45) is 5.41 Å². The van der Waals surface area contributed by atoms with Gasteiger partial charge < -0.3 is 14.9 Å². The number of aromatic nitrogens is 1. The van der Waals surface area contributed by atoms with Crippen molar-refractivity contribution in [2.75, 3.05) is 39.4 Å². The first-order valence-electron chi connectivity index (χ1n) is 11.2. The standard InChI is InChI=1S/C19H25N3OS.2C2HF3O2/c1-3-17(11-20-6-1)12-22-8-9-23-16-19(15-22)5-7-21(14-19)13-18-4-2-10-24-18;2*3-2(4,5)1(6)7/h1-4,6,10-11H,5,7-9,12-16H2;2*(H,6,7). The van der Waals surface area contributed by atoms with Crippen LogP contribution in [0.4, 0.5) is 26.3 Å². The van der Waals surface area contributed by atoms with Crippen molar-refractivity contribution in [3.05, 3.63) is 52.5 Å². The molecule has 2 aliphatic rings. The first-order chi connectivity index (χ1) is 17.7. The summed E-state index contributed by atoms with van der Waals surface area (Å²) in [5.74, 6) is -5.51. The van der Waals surface area contributed by atoms with Crippen molar-refractivity contribution >= 4 is 23.3 Å². The largest absolute Gasteiger partial charge is 0.490 e. The van der Waals surface area contributed by atoms with Crippen LogP contribution in [-0.2, 0) is 27.4 Å². The number of carboxylic acid groups (broad SMARTS) is 2. The summed E-state index contributed by atoms with van der Waals surface area (Å²) in [7, 11) is 0. The average Bonchev–Trinajstić information content (AvgIpc) is 3.42. The van der Waals surface area contributed by atoms with Gasteiger partial charge in [-0.1, -0.05) is 12.1 Å². The van der Waals surface area contributed by atoms with E-state index < -0.39 is 24.3 Å². The van der Waals surface area contributed by atoms with Crippen LogP contribution in [-0.4, -0.2) is 88.7 Å². The van der Waals surface area contributed by atoms with E-state index in [1.54, 1.807) is 0 Å². The smallest absolute Gasteiger partial charge is 0.475 e. The minimum Gasteiger partial charge on any atom is -0.475 e. The molecule has 0 aromatic carbocycles. The van der Waals surface area contributed by atoms with Crippen LogP contribution in [0, 0.1) is 5.41 Å². The van der Waals surface area contributed by atoms with Gasteiger partial charge in [-0.2, -0.15) is 26.3 Å². The fraction of sp³-hybridized carbons (Fsp3) is 0.522. The molecular formula is C23H27F6N3O5S. The predicted octanol–water partition coefficient (Wildman–Crippen LogP) is 4.13. The van der Waals surface area contributed by atoms with Gasteiger partial charge in [-0.15, -0.1) is 11.3 Å². The number of likely N-dealkylation sites (tertiary alicyclic amines) is 1. The first kappa shape index (κ1) is 31.5. The molecule has 0 radical (unpaired) electrons. The van der Waals surface area contributed by atoms with Crippen molar-refractivity contribution in [3.63, 3.8) is 0 Å². The van der Waals surface area contributed by atoms with E-state index in [-0.39, 0.29) is 5.41 Å². The van der Waals surface area contributed by atoms with Crippen molar-refractivity contribution in [3.8, 4) is 0 Å². The van der Waals surface area contributed by atoms with Crippen LogP contribution in [0.15, 0.2) is 42.0 Å². The second kappa shape index (κ2) is 13.9. The van der Waals surface area contributed by atoms with Gasteiger partial charge in [0.2, 0.25) is 0 Å². The highest BCUT2D eigenvalue weighted by Crippen LogP contribution is 2.35. The summed E-state index contributed by atoms with van der Waals surface area (Å²) in [5, 5.41) is 16.4. The van der Waals surface area contributed by atoms with Gasteiger partial charge in [0.25, 0.3) is 0 Å². The number of aliphatic carboxylic acids is 2. The molecule has 2 N–H and O–H groups in total. The molecule has 2 aromatic rings. The number of halogens is 6. The van der Waals surface area contributed by atoms with E-state index in [4.69, 9.17) is 24.5 Å². The molecule has 8 nitrogen and oxygen atoms in total. The molecule has 212 valence electrons. The van der Waals surface area contributed by atoms with E-state index in [0.29, 0.717) is 0 Å². The molecule has 2 saturated heterocycles. The van der Waals surface area contributed by atoms with Crippen LogP contribution in [0.25, 0.3) is 0 Å². The second-order valence-electron chi connectivity index (χ2n) is 8.77. The zero-order valence-electron chi connectivity index (χ0n) is 20.0. The normalized spacial score (nSPS) is 20.6. The monoisotopic (exact) mass is 571 g/mol. The van der Waals surface area contributed by atoms with Gasteiger partial charge in [-0.05, 0) is 36.0 Å². The zero-order valence-corrected chi connectivity index (χ0v) is 20.9. The number of nitrogens with zero attached hydrogens (tertiary/aromatic N) is 3. The Morgan fingerprint density at radius 1 is 0.974 bits per heavy atom. The van der Waals surface area contributed by atoms with Crippen LogP contribution in [0.3, 0.4) is 0 Å². The van der Waals surface area contributed by atoms with Gasteiger partial charge in [-0.3, -0.25) is 14.8 Å². The lowest BCUT2D eigenvalue weighted by Gasteiger charge is -2.32. The summed E-state index contributed by atoms with van der Waals surface area (Å²) >= 11 is 1.86. The van der Waals surface area contributed by atoms with Crippen LogP contribution < -0.4 is 0 Å². The van der Waals surface area contributed by atoms with Crippen LogP contribution in [0.1, 0.15) is 16.9 Å².